The van der Waals surface area contributed by atoms with Crippen LogP contribution in [-0.4, -0.2) is 4.92 Å². The summed E-state index contributed by atoms with van der Waals surface area (Å²) in [6, 6.07) is 0. The largest absolute Gasteiger partial charge is 0.343 e. The number of nitro groups is 1. The molecule has 0 atom stereocenters. The average Bonchev–Trinajstić information content (AvgIpc) is 2.11. The van der Waals surface area contributed by atoms with E-state index in [0.717, 1.165) is 6.92 Å². The van der Waals surface area contributed by atoms with Gasteiger partial charge in [-0.2, -0.15) is 8.78 Å². The Hall–Kier alpha value is -1.11. The molecule has 14 heavy (non-hydrogen) atoms. The molecule has 0 fully saturated rings. The topological polar surface area (TPSA) is 43.1 Å². The number of rotatable bonds is 1. The van der Waals surface area contributed by atoms with Crippen LogP contribution >= 0.6 is 15.9 Å². The summed E-state index contributed by atoms with van der Waals surface area (Å²) in [4.78, 5) is 8.90. The molecule has 0 spiro atoms. The van der Waals surface area contributed by atoms with Crippen molar-refractivity contribution < 1.29 is 18.1 Å². The fourth-order valence-corrected chi connectivity index (χ4v) is 1.24. The van der Waals surface area contributed by atoms with E-state index in [4.69, 9.17) is 0 Å². The van der Waals surface area contributed by atoms with Crippen LogP contribution < -0.4 is 0 Å². The van der Waals surface area contributed by atoms with Gasteiger partial charge in [-0.3, -0.25) is 10.1 Å². The zero-order valence-electron chi connectivity index (χ0n) is 6.78. The number of benzene rings is 1. The number of hydrogen-bond donors (Lipinski definition) is 0. The Balaban J connectivity index is 3.68. The zero-order chi connectivity index (χ0) is 11.0. The van der Waals surface area contributed by atoms with Crippen molar-refractivity contribution in [2.45, 2.75) is 6.92 Å². The second kappa shape index (κ2) is 3.56. The normalized spacial score (nSPS) is 10.4. The maximum atomic E-state index is 13.1. The minimum atomic E-state index is -1.80. The van der Waals surface area contributed by atoms with Crippen LogP contribution in [0, 0.1) is 34.5 Å². The molecular formula is C7H3BrF3NO2. The van der Waals surface area contributed by atoms with Crippen LogP contribution in [0.1, 0.15) is 5.56 Å². The van der Waals surface area contributed by atoms with Crippen molar-refractivity contribution in [3.63, 3.8) is 0 Å². The molecule has 1 aromatic carbocycles. The van der Waals surface area contributed by atoms with E-state index < -0.39 is 32.5 Å². The lowest BCUT2D eigenvalue weighted by molar-refractivity contribution is -0.390. The van der Waals surface area contributed by atoms with Crippen LogP contribution in [-0.2, 0) is 0 Å². The maximum Gasteiger partial charge on any atom is 0.343 e. The van der Waals surface area contributed by atoms with Gasteiger partial charge in [0.2, 0.25) is 11.6 Å². The molecule has 0 saturated carbocycles. The first-order valence-electron chi connectivity index (χ1n) is 3.34. The van der Waals surface area contributed by atoms with Gasteiger partial charge in [0, 0.05) is 5.56 Å². The molecule has 0 aromatic heterocycles. The fraction of sp³-hybridized carbons (Fsp3) is 0.143. The summed E-state index contributed by atoms with van der Waals surface area (Å²) in [7, 11) is 0. The molecule has 0 aliphatic rings. The third-order valence-corrected chi connectivity index (χ3v) is 2.59. The van der Waals surface area contributed by atoms with E-state index in [-0.39, 0.29) is 5.56 Å². The van der Waals surface area contributed by atoms with Gasteiger partial charge in [-0.1, -0.05) is 0 Å². The molecule has 0 radical (unpaired) electrons. The maximum absolute atomic E-state index is 13.1. The molecule has 0 saturated heterocycles. The highest BCUT2D eigenvalue weighted by Gasteiger charge is 2.29. The van der Waals surface area contributed by atoms with Crippen LogP contribution in [0.15, 0.2) is 4.47 Å². The summed E-state index contributed by atoms with van der Waals surface area (Å²) in [5.74, 6) is -4.64. The van der Waals surface area contributed by atoms with Crippen molar-refractivity contribution in [1.29, 1.82) is 0 Å². The lowest BCUT2D eigenvalue weighted by Crippen LogP contribution is -2.03. The Kier molecular flexibility index (Phi) is 2.79. The Morgan fingerprint density at radius 2 is 1.71 bits per heavy atom. The molecule has 1 aromatic rings. The van der Waals surface area contributed by atoms with Gasteiger partial charge in [0.25, 0.3) is 0 Å². The second-order valence-electron chi connectivity index (χ2n) is 2.49. The zero-order valence-corrected chi connectivity index (χ0v) is 8.36. The van der Waals surface area contributed by atoms with E-state index in [1.54, 1.807) is 0 Å². The van der Waals surface area contributed by atoms with Gasteiger partial charge >= 0.3 is 5.69 Å². The van der Waals surface area contributed by atoms with E-state index in [9.17, 15) is 23.3 Å². The van der Waals surface area contributed by atoms with Gasteiger partial charge in [-0.25, -0.2) is 4.39 Å². The van der Waals surface area contributed by atoms with Crippen molar-refractivity contribution in [2.75, 3.05) is 0 Å². The monoisotopic (exact) mass is 269 g/mol. The number of nitrogens with zero attached hydrogens (tertiary/aromatic N) is 1. The van der Waals surface area contributed by atoms with Crippen molar-refractivity contribution in [3.05, 3.63) is 37.6 Å². The molecule has 0 bridgehead atoms. The molecule has 1 rings (SSSR count). The molecule has 0 amide bonds. The highest BCUT2D eigenvalue weighted by Crippen LogP contribution is 2.32. The summed E-state index contributed by atoms with van der Waals surface area (Å²) in [5, 5.41) is 10.2. The highest BCUT2D eigenvalue weighted by molar-refractivity contribution is 9.10. The third kappa shape index (κ3) is 1.47. The molecular weight excluding hydrogens is 267 g/mol. The third-order valence-electron chi connectivity index (χ3n) is 1.64. The SMILES string of the molecule is Cc1c(F)c([N+](=O)[O-])c(F)c(F)c1Br. The van der Waals surface area contributed by atoms with Crippen molar-refractivity contribution in [3.8, 4) is 0 Å². The summed E-state index contributed by atoms with van der Waals surface area (Å²) in [6.07, 6.45) is 0. The quantitative estimate of drug-likeness (QED) is 0.340. The van der Waals surface area contributed by atoms with E-state index in [1.165, 1.54) is 0 Å². The van der Waals surface area contributed by atoms with Crippen LogP contribution in [0.3, 0.4) is 0 Å². The minimum absolute atomic E-state index is 0.337. The van der Waals surface area contributed by atoms with Gasteiger partial charge < -0.3 is 0 Å². The highest BCUT2D eigenvalue weighted by atomic mass is 79.9. The molecule has 0 N–H and O–H groups in total. The molecule has 76 valence electrons. The number of hydrogen-bond acceptors (Lipinski definition) is 2. The molecule has 0 unspecified atom stereocenters. The van der Waals surface area contributed by atoms with Crippen LogP contribution in [0.5, 0.6) is 0 Å². The molecule has 0 aliphatic heterocycles. The predicted molar refractivity (Wildman–Crippen MR) is 45.4 cm³/mol. The second-order valence-corrected chi connectivity index (χ2v) is 3.28. The molecule has 0 heterocycles. The molecule has 3 nitrogen and oxygen atoms in total. The minimum Gasteiger partial charge on any atom is -0.258 e. The summed E-state index contributed by atoms with van der Waals surface area (Å²) in [5.41, 5.74) is -1.81. The molecule has 0 aliphatic carbocycles. The summed E-state index contributed by atoms with van der Waals surface area (Å²) >= 11 is 2.59. The van der Waals surface area contributed by atoms with E-state index in [1.807, 2.05) is 0 Å². The Bertz CT molecular complexity index is 393. The van der Waals surface area contributed by atoms with E-state index in [2.05, 4.69) is 15.9 Å². The van der Waals surface area contributed by atoms with E-state index in [0.29, 0.717) is 0 Å². The van der Waals surface area contributed by atoms with Crippen molar-refractivity contribution in [2.24, 2.45) is 0 Å². The Morgan fingerprint density at radius 3 is 2.14 bits per heavy atom. The number of halogens is 4. The fourth-order valence-electron chi connectivity index (χ4n) is 0.896. The first-order chi connectivity index (χ1) is 6.37. The Morgan fingerprint density at radius 1 is 1.21 bits per heavy atom. The first kappa shape index (κ1) is 11.0. The van der Waals surface area contributed by atoms with Gasteiger partial charge in [0.05, 0.1) is 9.40 Å². The lowest BCUT2D eigenvalue weighted by Gasteiger charge is -2.03. The average molecular weight is 270 g/mol. The Labute approximate surface area is 84.8 Å². The van der Waals surface area contributed by atoms with Crippen molar-refractivity contribution in [1.82, 2.24) is 0 Å². The predicted octanol–water partition coefficient (Wildman–Crippen LogP) is 3.08. The van der Waals surface area contributed by atoms with Gasteiger partial charge in [0.15, 0.2) is 5.82 Å². The van der Waals surface area contributed by atoms with Crippen LogP contribution in [0.4, 0.5) is 18.9 Å². The summed E-state index contributed by atoms with van der Waals surface area (Å²) in [6.45, 7) is 1.11. The van der Waals surface area contributed by atoms with Gasteiger partial charge in [-0.05, 0) is 22.9 Å². The molecule has 7 heteroatoms. The standard InChI is InChI=1S/C7H3BrF3NO2/c1-2-3(8)5(10)6(11)7(4(2)9)12(13)14/h1H3. The van der Waals surface area contributed by atoms with Crippen LogP contribution in [0.2, 0.25) is 0 Å². The number of nitro benzene ring substituents is 1. The lowest BCUT2D eigenvalue weighted by atomic mass is 10.2. The van der Waals surface area contributed by atoms with Crippen LogP contribution in [0.25, 0.3) is 0 Å². The van der Waals surface area contributed by atoms with Gasteiger partial charge in [-0.15, -0.1) is 0 Å². The first-order valence-corrected chi connectivity index (χ1v) is 4.14. The van der Waals surface area contributed by atoms with Crippen molar-refractivity contribution >= 4 is 21.6 Å². The smallest absolute Gasteiger partial charge is 0.258 e. The van der Waals surface area contributed by atoms with E-state index >= 15 is 0 Å². The van der Waals surface area contributed by atoms with Gasteiger partial charge in [0.1, 0.15) is 0 Å². The summed E-state index contributed by atoms with van der Waals surface area (Å²) < 4.78 is 38.4.